The van der Waals surface area contributed by atoms with Crippen LogP contribution in [0.2, 0.25) is 0 Å². The number of aryl methyl sites for hydroxylation is 1. The van der Waals surface area contributed by atoms with Gasteiger partial charge in [-0.05, 0) is 47.7 Å². The number of hydrogen-bond donors (Lipinski definition) is 0. The molecule has 1 saturated carbocycles. The van der Waals surface area contributed by atoms with Crippen molar-refractivity contribution in [2.75, 3.05) is 6.61 Å². The molecule has 0 aliphatic heterocycles. The van der Waals surface area contributed by atoms with E-state index in [0.29, 0.717) is 19.1 Å². The van der Waals surface area contributed by atoms with Crippen LogP contribution in [-0.2, 0) is 18.4 Å². The smallest absolute Gasteiger partial charge is 0.368 e. The maximum atomic E-state index is 12.1. The van der Waals surface area contributed by atoms with E-state index < -0.39 is 0 Å². The predicted molar refractivity (Wildman–Crippen MR) is 73.9 cm³/mol. The molecule has 1 heterocycles. The Kier molecular flexibility index (Phi) is 3.40. The van der Waals surface area contributed by atoms with Gasteiger partial charge in [0.2, 0.25) is 0 Å². The van der Waals surface area contributed by atoms with Crippen LogP contribution in [-0.4, -0.2) is 26.4 Å². The SMILES string of the molecule is CCOCc1c(C2CC2)cccc1-n1nnn(C)c1=O. The zero-order chi connectivity index (χ0) is 14.1. The number of tetrazole rings is 1. The van der Waals surface area contributed by atoms with Gasteiger partial charge in [-0.3, -0.25) is 0 Å². The van der Waals surface area contributed by atoms with E-state index in [1.54, 1.807) is 7.05 Å². The van der Waals surface area contributed by atoms with Crippen LogP contribution in [0, 0.1) is 0 Å². The molecule has 3 rings (SSSR count). The monoisotopic (exact) mass is 274 g/mol. The van der Waals surface area contributed by atoms with E-state index in [0.717, 1.165) is 11.3 Å². The summed E-state index contributed by atoms with van der Waals surface area (Å²) in [5.74, 6) is 0.595. The third kappa shape index (κ3) is 2.27. The second kappa shape index (κ2) is 5.20. The normalized spacial score (nSPS) is 14.7. The topological polar surface area (TPSA) is 61.9 Å². The van der Waals surface area contributed by atoms with E-state index in [4.69, 9.17) is 4.74 Å². The Morgan fingerprint density at radius 2 is 2.15 bits per heavy atom. The van der Waals surface area contributed by atoms with Crippen molar-refractivity contribution >= 4 is 0 Å². The van der Waals surface area contributed by atoms with Gasteiger partial charge in [0.05, 0.1) is 12.3 Å². The molecule has 1 fully saturated rings. The first-order valence-corrected chi connectivity index (χ1v) is 6.91. The lowest BCUT2D eigenvalue weighted by Crippen LogP contribution is -2.23. The Hall–Kier alpha value is -1.95. The second-order valence-electron chi connectivity index (χ2n) is 5.05. The molecule has 0 atom stereocenters. The lowest BCUT2D eigenvalue weighted by atomic mass is 10.0. The van der Waals surface area contributed by atoms with Gasteiger partial charge in [-0.2, -0.15) is 9.36 Å². The molecule has 0 radical (unpaired) electrons. The van der Waals surface area contributed by atoms with Crippen LogP contribution in [0.5, 0.6) is 0 Å². The van der Waals surface area contributed by atoms with Crippen LogP contribution in [0.25, 0.3) is 5.69 Å². The summed E-state index contributed by atoms with van der Waals surface area (Å²) in [6.45, 7) is 3.11. The molecular weight excluding hydrogens is 256 g/mol. The molecule has 1 aliphatic rings. The largest absolute Gasteiger partial charge is 0.377 e. The lowest BCUT2D eigenvalue weighted by molar-refractivity contribution is 0.133. The van der Waals surface area contributed by atoms with Crippen LogP contribution in [0.4, 0.5) is 0 Å². The molecule has 1 aromatic carbocycles. The molecule has 2 aromatic rings. The highest BCUT2D eigenvalue weighted by Crippen LogP contribution is 2.42. The highest BCUT2D eigenvalue weighted by molar-refractivity contribution is 5.47. The molecule has 1 aliphatic carbocycles. The average Bonchev–Trinajstić information content (AvgIpc) is 3.24. The molecule has 0 bridgehead atoms. The quantitative estimate of drug-likeness (QED) is 0.826. The third-order valence-corrected chi connectivity index (χ3v) is 3.61. The molecule has 0 N–H and O–H groups in total. The average molecular weight is 274 g/mol. The Morgan fingerprint density at radius 3 is 2.75 bits per heavy atom. The number of ether oxygens (including phenoxy) is 1. The molecule has 0 amide bonds. The summed E-state index contributed by atoms with van der Waals surface area (Å²) in [5.41, 5.74) is 2.87. The van der Waals surface area contributed by atoms with Gasteiger partial charge in [-0.15, -0.1) is 0 Å². The number of benzene rings is 1. The Balaban J connectivity index is 2.11. The minimum absolute atomic E-state index is 0.240. The fourth-order valence-electron chi connectivity index (χ4n) is 2.39. The van der Waals surface area contributed by atoms with Crippen LogP contribution in [0.15, 0.2) is 23.0 Å². The first-order valence-electron chi connectivity index (χ1n) is 6.91. The maximum Gasteiger partial charge on any atom is 0.368 e. The number of hydrogen-bond acceptors (Lipinski definition) is 4. The highest BCUT2D eigenvalue weighted by atomic mass is 16.5. The molecule has 0 spiro atoms. The first kappa shape index (κ1) is 13.1. The molecule has 0 unspecified atom stereocenters. The Labute approximate surface area is 117 Å². The van der Waals surface area contributed by atoms with Crippen molar-refractivity contribution in [3.63, 3.8) is 0 Å². The second-order valence-corrected chi connectivity index (χ2v) is 5.05. The summed E-state index contributed by atoms with van der Waals surface area (Å²) in [4.78, 5) is 12.1. The molecule has 106 valence electrons. The van der Waals surface area contributed by atoms with E-state index in [1.807, 2.05) is 19.1 Å². The van der Waals surface area contributed by atoms with Crippen molar-refractivity contribution in [2.45, 2.75) is 32.3 Å². The van der Waals surface area contributed by atoms with Gasteiger partial charge in [-0.1, -0.05) is 12.1 Å². The van der Waals surface area contributed by atoms with E-state index in [9.17, 15) is 4.79 Å². The van der Waals surface area contributed by atoms with Crippen molar-refractivity contribution in [1.29, 1.82) is 0 Å². The van der Waals surface area contributed by atoms with Gasteiger partial charge in [0.1, 0.15) is 0 Å². The van der Waals surface area contributed by atoms with E-state index in [-0.39, 0.29) is 5.69 Å². The predicted octanol–water partition coefficient (Wildman–Crippen LogP) is 1.38. The molecule has 6 heteroatoms. The highest BCUT2D eigenvalue weighted by Gasteiger charge is 2.27. The number of nitrogens with zero attached hydrogens (tertiary/aromatic N) is 4. The van der Waals surface area contributed by atoms with Crippen molar-refractivity contribution in [2.24, 2.45) is 7.05 Å². The van der Waals surface area contributed by atoms with Crippen molar-refractivity contribution < 1.29 is 4.74 Å². The van der Waals surface area contributed by atoms with E-state index in [1.165, 1.54) is 27.8 Å². The summed E-state index contributed by atoms with van der Waals surface area (Å²) in [6.07, 6.45) is 2.41. The lowest BCUT2D eigenvalue weighted by Gasteiger charge is -2.13. The van der Waals surface area contributed by atoms with Gasteiger partial charge >= 0.3 is 5.69 Å². The summed E-state index contributed by atoms with van der Waals surface area (Å²) in [6, 6.07) is 5.99. The van der Waals surface area contributed by atoms with Gasteiger partial charge in [-0.25, -0.2) is 4.79 Å². The van der Waals surface area contributed by atoms with Crippen LogP contribution >= 0.6 is 0 Å². The summed E-state index contributed by atoms with van der Waals surface area (Å²) in [5, 5.41) is 7.72. The van der Waals surface area contributed by atoms with Crippen molar-refractivity contribution in [3.05, 3.63) is 39.8 Å². The summed E-state index contributed by atoms with van der Waals surface area (Å²) < 4.78 is 8.15. The summed E-state index contributed by atoms with van der Waals surface area (Å²) in [7, 11) is 1.60. The summed E-state index contributed by atoms with van der Waals surface area (Å²) >= 11 is 0. The Morgan fingerprint density at radius 1 is 1.35 bits per heavy atom. The number of aromatic nitrogens is 4. The molecule has 0 saturated heterocycles. The number of rotatable bonds is 5. The molecule has 6 nitrogen and oxygen atoms in total. The van der Waals surface area contributed by atoms with E-state index >= 15 is 0 Å². The molecule has 1 aromatic heterocycles. The van der Waals surface area contributed by atoms with E-state index in [2.05, 4.69) is 16.5 Å². The van der Waals surface area contributed by atoms with Crippen LogP contribution in [0.1, 0.15) is 36.8 Å². The Bertz CT molecular complexity index is 670. The van der Waals surface area contributed by atoms with Gasteiger partial charge in [0.15, 0.2) is 0 Å². The fraction of sp³-hybridized carbons (Fsp3) is 0.500. The van der Waals surface area contributed by atoms with Gasteiger partial charge in [0, 0.05) is 19.2 Å². The zero-order valence-corrected chi connectivity index (χ0v) is 11.7. The van der Waals surface area contributed by atoms with Crippen LogP contribution in [0.3, 0.4) is 0 Å². The first-order chi connectivity index (χ1) is 9.72. The third-order valence-electron chi connectivity index (χ3n) is 3.61. The fourth-order valence-corrected chi connectivity index (χ4v) is 2.39. The molecule has 20 heavy (non-hydrogen) atoms. The minimum Gasteiger partial charge on any atom is -0.377 e. The van der Waals surface area contributed by atoms with Gasteiger partial charge < -0.3 is 4.74 Å². The van der Waals surface area contributed by atoms with Crippen molar-refractivity contribution in [3.8, 4) is 5.69 Å². The van der Waals surface area contributed by atoms with Crippen LogP contribution < -0.4 is 5.69 Å². The zero-order valence-electron chi connectivity index (χ0n) is 11.7. The van der Waals surface area contributed by atoms with Crippen molar-refractivity contribution in [1.82, 2.24) is 19.8 Å². The maximum absolute atomic E-state index is 12.1. The van der Waals surface area contributed by atoms with Gasteiger partial charge in [0.25, 0.3) is 0 Å². The standard InChI is InChI=1S/C14H18N4O2/c1-3-20-9-12-11(10-7-8-10)5-4-6-13(12)18-14(19)17(2)15-16-18/h4-6,10H,3,7-9H2,1-2H3. The minimum atomic E-state index is -0.240. The molecular formula is C14H18N4O2.